The molecule has 14 nitrogen and oxygen atoms in total. The zero-order valence-electron chi connectivity index (χ0n) is 33.0. The van der Waals surface area contributed by atoms with E-state index in [0.29, 0.717) is 56.3 Å². The number of carbonyl (C=O) groups is 3. The van der Waals surface area contributed by atoms with Crippen LogP contribution in [0, 0.1) is 0 Å². The Hall–Kier alpha value is -7.22. The van der Waals surface area contributed by atoms with Crippen molar-refractivity contribution in [2.24, 2.45) is 0 Å². The van der Waals surface area contributed by atoms with Gasteiger partial charge in [-0.25, -0.2) is 14.4 Å². The summed E-state index contributed by atoms with van der Waals surface area (Å²) < 4.78 is 17.0. The SMILES string of the molecule is O=C(O)c1ccc(OC2CCN(C(=O)Oc3ccc(Cc4ccccn4)cc3)CC2)cc1.O=C(Oc1ccc(Cc2ccccn2)cc1)N1CCC(On2cccn2)CC1. The highest BCUT2D eigenvalue weighted by Crippen LogP contribution is 2.22. The minimum atomic E-state index is -0.966. The van der Waals surface area contributed by atoms with Crippen molar-refractivity contribution >= 4 is 18.2 Å². The monoisotopic (exact) mass is 810 g/mol. The molecule has 6 aromatic rings. The number of piperidine rings is 2. The van der Waals surface area contributed by atoms with E-state index in [9.17, 15) is 14.4 Å². The quantitative estimate of drug-likeness (QED) is 0.139. The van der Waals surface area contributed by atoms with Crippen LogP contribution in [0.25, 0.3) is 0 Å². The van der Waals surface area contributed by atoms with E-state index in [2.05, 4.69) is 15.1 Å². The van der Waals surface area contributed by atoms with Gasteiger partial charge in [-0.2, -0.15) is 0 Å². The zero-order valence-corrected chi connectivity index (χ0v) is 33.0. The van der Waals surface area contributed by atoms with E-state index < -0.39 is 5.97 Å². The topological polar surface area (TPSA) is 158 Å². The first kappa shape index (κ1) is 41.0. The van der Waals surface area contributed by atoms with Crippen LogP contribution in [0.4, 0.5) is 9.59 Å². The Morgan fingerprint density at radius 1 is 0.567 bits per heavy atom. The summed E-state index contributed by atoms with van der Waals surface area (Å²) in [7, 11) is 0. The number of carbonyl (C=O) groups excluding carboxylic acids is 2. The van der Waals surface area contributed by atoms with Crippen LogP contribution in [-0.4, -0.2) is 91.4 Å². The fourth-order valence-electron chi connectivity index (χ4n) is 6.74. The van der Waals surface area contributed by atoms with Gasteiger partial charge in [0.05, 0.1) is 18.0 Å². The smallest absolute Gasteiger partial charge is 0.415 e. The number of amides is 2. The van der Waals surface area contributed by atoms with E-state index in [-0.39, 0.29) is 30.0 Å². The van der Waals surface area contributed by atoms with Crippen LogP contribution >= 0.6 is 0 Å². The second-order valence-corrected chi connectivity index (χ2v) is 14.4. The molecule has 308 valence electrons. The molecule has 2 aliphatic rings. The molecule has 0 atom stereocenters. The first-order valence-corrected chi connectivity index (χ1v) is 19.9. The van der Waals surface area contributed by atoms with Crippen molar-refractivity contribution in [3.8, 4) is 17.2 Å². The van der Waals surface area contributed by atoms with E-state index in [1.807, 2.05) is 78.9 Å². The van der Waals surface area contributed by atoms with Crippen molar-refractivity contribution in [1.29, 1.82) is 0 Å². The number of carboxylic acid groups (broad SMARTS) is 1. The van der Waals surface area contributed by atoms with Gasteiger partial charge in [-0.05, 0) is 90.0 Å². The van der Waals surface area contributed by atoms with E-state index in [1.54, 1.807) is 58.9 Å². The van der Waals surface area contributed by atoms with Crippen LogP contribution in [0.2, 0.25) is 0 Å². The molecule has 5 heterocycles. The Balaban J connectivity index is 0.000000183. The van der Waals surface area contributed by atoms with Gasteiger partial charge in [0.25, 0.3) is 0 Å². The summed E-state index contributed by atoms with van der Waals surface area (Å²) in [5.74, 6) is 0.717. The van der Waals surface area contributed by atoms with Crippen molar-refractivity contribution in [2.45, 2.75) is 50.7 Å². The summed E-state index contributed by atoms with van der Waals surface area (Å²) >= 11 is 0. The van der Waals surface area contributed by atoms with E-state index >= 15 is 0 Å². The predicted octanol–water partition coefficient (Wildman–Crippen LogP) is 7.37. The Labute approximate surface area is 347 Å². The normalized spacial score (nSPS) is 14.3. The third kappa shape index (κ3) is 12.1. The molecule has 0 bridgehead atoms. The van der Waals surface area contributed by atoms with Gasteiger partial charge in [-0.3, -0.25) is 9.97 Å². The van der Waals surface area contributed by atoms with Crippen LogP contribution in [0.15, 0.2) is 140 Å². The number of benzene rings is 3. The van der Waals surface area contributed by atoms with Crippen LogP contribution in [0.5, 0.6) is 17.2 Å². The number of hydrogen-bond donors (Lipinski definition) is 1. The van der Waals surface area contributed by atoms with Gasteiger partial charge in [0.2, 0.25) is 0 Å². The zero-order chi connectivity index (χ0) is 41.5. The molecule has 0 aliphatic carbocycles. The van der Waals surface area contributed by atoms with E-state index in [0.717, 1.165) is 48.2 Å². The third-order valence-corrected chi connectivity index (χ3v) is 10.0. The molecule has 60 heavy (non-hydrogen) atoms. The maximum absolute atomic E-state index is 12.5. The fourth-order valence-corrected chi connectivity index (χ4v) is 6.74. The third-order valence-electron chi connectivity index (χ3n) is 10.0. The maximum Gasteiger partial charge on any atom is 0.415 e. The average Bonchev–Trinajstić information content (AvgIpc) is 3.80. The van der Waals surface area contributed by atoms with Crippen molar-refractivity contribution in [3.05, 3.63) is 168 Å². The molecule has 3 aromatic heterocycles. The van der Waals surface area contributed by atoms with Crippen molar-refractivity contribution in [3.63, 3.8) is 0 Å². The van der Waals surface area contributed by atoms with Crippen LogP contribution < -0.4 is 19.0 Å². The number of aromatic nitrogens is 4. The molecule has 2 saturated heterocycles. The molecule has 2 fully saturated rings. The lowest BCUT2D eigenvalue weighted by Gasteiger charge is -2.31. The fraction of sp³-hybridized carbons (Fsp3) is 0.261. The number of hydrogen-bond acceptors (Lipinski definition) is 10. The summed E-state index contributed by atoms with van der Waals surface area (Å²) in [6.07, 6.45) is 10.7. The molecular formula is C46H46N6O8. The minimum Gasteiger partial charge on any atom is -0.490 e. The largest absolute Gasteiger partial charge is 0.490 e. The first-order chi connectivity index (χ1) is 29.3. The second kappa shape index (κ2) is 20.5. The van der Waals surface area contributed by atoms with Gasteiger partial charge in [-0.15, -0.1) is 9.94 Å². The van der Waals surface area contributed by atoms with Crippen molar-refractivity contribution in [2.75, 3.05) is 26.2 Å². The van der Waals surface area contributed by atoms with Gasteiger partial charge in [-0.1, -0.05) is 36.4 Å². The number of carboxylic acids is 1. The second-order valence-electron chi connectivity index (χ2n) is 14.4. The van der Waals surface area contributed by atoms with Gasteiger partial charge in [0.1, 0.15) is 29.5 Å². The number of pyridine rings is 2. The molecule has 0 spiro atoms. The maximum atomic E-state index is 12.5. The number of rotatable bonds is 11. The first-order valence-electron chi connectivity index (χ1n) is 19.9. The van der Waals surface area contributed by atoms with E-state index in [4.69, 9.17) is 24.2 Å². The van der Waals surface area contributed by atoms with Crippen LogP contribution in [-0.2, 0) is 12.8 Å². The summed E-state index contributed by atoms with van der Waals surface area (Å²) in [4.78, 5) is 55.1. The van der Waals surface area contributed by atoms with Gasteiger partial charge >= 0.3 is 18.2 Å². The predicted molar refractivity (Wildman–Crippen MR) is 221 cm³/mol. The lowest BCUT2D eigenvalue weighted by Crippen LogP contribution is -2.44. The Morgan fingerprint density at radius 2 is 1.05 bits per heavy atom. The molecule has 0 radical (unpaired) electrons. The Kier molecular flexibility index (Phi) is 14.0. The lowest BCUT2D eigenvalue weighted by atomic mass is 10.1. The van der Waals surface area contributed by atoms with Crippen LogP contribution in [0.3, 0.4) is 0 Å². The molecule has 0 unspecified atom stereocenters. The van der Waals surface area contributed by atoms with Crippen molar-refractivity contribution in [1.82, 2.24) is 29.7 Å². The number of aromatic carboxylic acids is 1. The number of likely N-dealkylation sites (tertiary alicyclic amines) is 2. The standard InChI is InChI=1S/C25H24N2O5.C21H22N4O3/c28-24(29)19-6-10-21(11-7-19)31-23-12-15-27(16-13-23)25(30)32-22-8-4-18(5-9-22)17-20-3-1-2-14-26-20;26-21(24-14-9-20(10-15-24)28-25-13-3-12-23-25)27-19-7-5-17(6-8-19)16-18-4-1-2-11-22-18/h1-11,14,23H,12-13,15-17H2,(H,28,29);1-8,11-13,20H,9-10,14-16H2. The minimum absolute atomic E-state index is 0.0272. The number of ether oxygens (including phenoxy) is 3. The lowest BCUT2D eigenvalue weighted by molar-refractivity contribution is -0.0162. The Bertz CT molecular complexity index is 2240. The molecule has 8 rings (SSSR count). The summed E-state index contributed by atoms with van der Waals surface area (Å²) in [6.45, 7) is 2.27. The Morgan fingerprint density at radius 3 is 1.48 bits per heavy atom. The molecule has 3 aromatic carbocycles. The highest BCUT2D eigenvalue weighted by Gasteiger charge is 2.27. The van der Waals surface area contributed by atoms with Gasteiger partial charge < -0.3 is 34.0 Å². The summed E-state index contributed by atoms with van der Waals surface area (Å²) in [5, 5.41) is 13.0. The molecule has 1 N–H and O–H groups in total. The highest BCUT2D eigenvalue weighted by molar-refractivity contribution is 5.87. The van der Waals surface area contributed by atoms with Gasteiger partial charge in [0.15, 0.2) is 0 Å². The summed E-state index contributed by atoms with van der Waals surface area (Å²) in [6, 6.07) is 34.9. The van der Waals surface area contributed by atoms with Crippen molar-refractivity contribution < 1.29 is 38.5 Å². The number of nitrogens with zero attached hydrogens (tertiary/aromatic N) is 6. The summed E-state index contributed by atoms with van der Waals surface area (Å²) in [5.41, 5.74) is 4.43. The molecule has 2 amide bonds. The average molecular weight is 811 g/mol. The molecule has 2 aliphatic heterocycles. The van der Waals surface area contributed by atoms with Gasteiger partial charge in [0, 0.05) is 88.5 Å². The van der Waals surface area contributed by atoms with E-state index in [1.165, 1.54) is 17.0 Å². The highest BCUT2D eigenvalue weighted by atomic mass is 16.7. The molecule has 14 heteroatoms. The van der Waals surface area contributed by atoms with Crippen LogP contribution in [0.1, 0.15) is 58.6 Å². The molecule has 0 saturated carbocycles. The molecular weight excluding hydrogens is 765 g/mol.